The van der Waals surface area contributed by atoms with Gasteiger partial charge in [-0.1, -0.05) is 42.5 Å². The van der Waals surface area contributed by atoms with E-state index in [1.54, 1.807) is 12.1 Å². The summed E-state index contributed by atoms with van der Waals surface area (Å²) in [6, 6.07) is 22.1. The van der Waals surface area contributed by atoms with E-state index in [0.29, 0.717) is 23.7 Å². The number of aromatic nitrogens is 2. The molecule has 4 rings (SSSR count). The van der Waals surface area contributed by atoms with Crippen molar-refractivity contribution in [1.82, 2.24) is 9.97 Å². The Morgan fingerprint density at radius 3 is 2.06 bits per heavy atom. The molecule has 0 radical (unpaired) electrons. The van der Waals surface area contributed by atoms with Crippen LogP contribution in [0.2, 0.25) is 0 Å². The summed E-state index contributed by atoms with van der Waals surface area (Å²) in [5.74, 6) is 1.31. The van der Waals surface area contributed by atoms with Gasteiger partial charge in [-0.25, -0.2) is 4.98 Å². The summed E-state index contributed by atoms with van der Waals surface area (Å²) in [5.41, 5.74) is 6.01. The highest BCUT2D eigenvalue weighted by atomic mass is 16.5. The third kappa shape index (κ3) is 4.25. The number of ether oxygens (including phenoxy) is 2. The van der Waals surface area contributed by atoms with E-state index in [1.165, 1.54) is 19.8 Å². The second-order valence-electron chi connectivity index (χ2n) is 7.75. The third-order valence-corrected chi connectivity index (χ3v) is 5.41. The Bertz CT molecular complexity index is 1170. The Kier molecular flexibility index (Phi) is 6.03. The van der Waals surface area contributed by atoms with E-state index in [0.717, 1.165) is 28.2 Å². The minimum absolute atomic E-state index is 0.0330. The molecule has 0 bridgehead atoms. The molecule has 0 saturated heterocycles. The number of anilines is 1. The number of benzene rings is 3. The molecule has 6 heteroatoms. The Labute approximate surface area is 188 Å². The second kappa shape index (κ2) is 9.06. The fourth-order valence-electron chi connectivity index (χ4n) is 3.66. The minimum atomic E-state index is -0.0330. The maximum atomic E-state index is 10.3. The number of methoxy groups -OCH3 is 2. The molecule has 1 aromatic heterocycles. The smallest absolute Gasteiger partial charge is 0.200 e. The Morgan fingerprint density at radius 1 is 0.875 bits per heavy atom. The first-order valence-electron chi connectivity index (χ1n) is 10.4. The van der Waals surface area contributed by atoms with Gasteiger partial charge in [-0.2, -0.15) is 0 Å². The lowest BCUT2D eigenvalue weighted by molar-refractivity contribution is 0.340. The maximum Gasteiger partial charge on any atom is 0.200 e. The van der Waals surface area contributed by atoms with Gasteiger partial charge in [0.25, 0.3) is 0 Å². The Morgan fingerprint density at radius 2 is 1.50 bits per heavy atom. The summed E-state index contributed by atoms with van der Waals surface area (Å²) in [4.78, 5) is 10.5. The van der Waals surface area contributed by atoms with Gasteiger partial charge in [-0.05, 0) is 29.8 Å². The van der Waals surface area contributed by atoms with Crippen molar-refractivity contribution in [2.45, 2.75) is 6.42 Å². The van der Waals surface area contributed by atoms with Crippen LogP contribution in [-0.2, 0) is 6.42 Å². The maximum absolute atomic E-state index is 10.3. The zero-order valence-electron chi connectivity index (χ0n) is 18.7. The molecule has 32 heavy (non-hydrogen) atoms. The lowest BCUT2D eigenvalue weighted by Gasteiger charge is -2.12. The molecule has 164 valence electrons. The molecular weight excluding hydrogens is 402 g/mol. The van der Waals surface area contributed by atoms with Crippen LogP contribution in [-0.4, -0.2) is 43.4 Å². The van der Waals surface area contributed by atoms with E-state index >= 15 is 0 Å². The zero-order chi connectivity index (χ0) is 22.7. The molecule has 0 aliphatic heterocycles. The predicted molar refractivity (Wildman–Crippen MR) is 128 cm³/mol. The molecule has 2 N–H and O–H groups in total. The van der Waals surface area contributed by atoms with Gasteiger partial charge in [-0.15, -0.1) is 0 Å². The van der Waals surface area contributed by atoms with Gasteiger partial charge in [0.2, 0.25) is 5.75 Å². The first-order chi connectivity index (χ1) is 15.5. The first-order valence-corrected chi connectivity index (χ1v) is 10.4. The van der Waals surface area contributed by atoms with Gasteiger partial charge in [0, 0.05) is 43.0 Å². The van der Waals surface area contributed by atoms with Gasteiger partial charge in [0.15, 0.2) is 11.5 Å². The number of phenolic OH excluding ortho intramolecular Hbond substituents is 1. The van der Waals surface area contributed by atoms with Crippen LogP contribution in [0.3, 0.4) is 0 Å². The largest absolute Gasteiger partial charge is 0.502 e. The quantitative estimate of drug-likeness (QED) is 0.427. The van der Waals surface area contributed by atoms with Crippen LogP contribution in [0.25, 0.3) is 22.6 Å². The predicted octanol–water partition coefficient (Wildman–Crippen LogP) is 5.12. The molecule has 3 aromatic carbocycles. The van der Waals surface area contributed by atoms with Crippen molar-refractivity contribution in [1.29, 1.82) is 0 Å². The molecular formula is C26H27N3O3. The number of phenols is 1. The number of hydrogen-bond donors (Lipinski definition) is 2. The molecule has 0 atom stereocenters. The normalized spacial score (nSPS) is 10.8. The van der Waals surface area contributed by atoms with Crippen molar-refractivity contribution >= 4 is 5.69 Å². The van der Waals surface area contributed by atoms with Crippen LogP contribution >= 0.6 is 0 Å². The average Bonchev–Trinajstić information content (AvgIpc) is 3.23. The monoisotopic (exact) mass is 429 g/mol. The molecule has 0 spiro atoms. The number of H-pyrrole nitrogens is 1. The van der Waals surface area contributed by atoms with Gasteiger partial charge >= 0.3 is 0 Å². The van der Waals surface area contributed by atoms with Gasteiger partial charge in [0.05, 0.1) is 19.9 Å². The summed E-state index contributed by atoms with van der Waals surface area (Å²) >= 11 is 0. The van der Waals surface area contributed by atoms with Crippen molar-refractivity contribution < 1.29 is 14.6 Å². The van der Waals surface area contributed by atoms with Crippen molar-refractivity contribution in [3.63, 3.8) is 0 Å². The van der Waals surface area contributed by atoms with Crippen molar-refractivity contribution in [3.8, 4) is 39.9 Å². The van der Waals surface area contributed by atoms with Crippen LogP contribution < -0.4 is 14.4 Å². The van der Waals surface area contributed by atoms with Gasteiger partial charge in [-0.3, -0.25) is 0 Å². The van der Waals surface area contributed by atoms with Gasteiger partial charge in [0.1, 0.15) is 5.82 Å². The fourth-order valence-corrected chi connectivity index (χ4v) is 3.66. The molecule has 0 aliphatic carbocycles. The van der Waals surface area contributed by atoms with Gasteiger partial charge < -0.3 is 24.5 Å². The van der Waals surface area contributed by atoms with Crippen molar-refractivity contribution in [3.05, 3.63) is 78.0 Å². The number of hydrogen-bond acceptors (Lipinski definition) is 5. The number of imidazole rings is 1. The molecule has 0 amide bonds. The lowest BCUT2D eigenvalue weighted by atomic mass is 10.0. The van der Waals surface area contributed by atoms with E-state index in [1.807, 2.05) is 32.3 Å². The highest BCUT2D eigenvalue weighted by Crippen LogP contribution is 2.40. The minimum Gasteiger partial charge on any atom is -0.502 e. The number of aromatic amines is 1. The molecule has 6 nitrogen and oxygen atoms in total. The third-order valence-electron chi connectivity index (χ3n) is 5.41. The van der Waals surface area contributed by atoms with E-state index in [9.17, 15) is 5.11 Å². The summed E-state index contributed by atoms with van der Waals surface area (Å²) in [5, 5.41) is 10.3. The van der Waals surface area contributed by atoms with Crippen LogP contribution in [0, 0.1) is 0 Å². The number of aromatic hydroxyl groups is 1. The average molecular weight is 430 g/mol. The van der Waals surface area contributed by atoms with Crippen molar-refractivity contribution in [2.24, 2.45) is 0 Å². The fraction of sp³-hybridized carbons (Fsp3) is 0.192. The summed E-state index contributed by atoms with van der Waals surface area (Å²) < 4.78 is 10.7. The first kappa shape index (κ1) is 21.3. The topological polar surface area (TPSA) is 70.6 Å². The van der Waals surface area contributed by atoms with Crippen molar-refractivity contribution in [2.75, 3.05) is 33.2 Å². The highest BCUT2D eigenvalue weighted by molar-refractivity contribution is 5.72. The zero-order valence-corrected chi connectivity index (χ0v) is 18.7. The molecule has 0 unspecified atom stereocenters. The number of rotatable bonds is 7. The van der Waals surface area contributed by atoms with E-state index in [-0.39, 0.29) is 5.75 Å². The number of nitrogens with zero attached hydrogens (tertiary/aromatic N) is 2. The second-order valence-corrected chi connectivity index (χ2v) is 7.75. The molecule has 1 heterocycles. The SMILES string of the molecule is COc1cc(-c2nc(-c3ccc(N(C)C)cc3)c(Cc3ccccc3)[nH]2)cc(OC)c1O. The van der Waals surface area contributed by atoms with Crippen LogP contribution in [0.1, 0.15) is 11.3 Å². The summed E-state index contributed by atoms with van der Waals surface area (Å²) in [7, 11) is 7.07. The van der Waals surface area contributed by atoms with E-state index in [2.05, 4.69) is 46.3 Å². The van der Waals surface area contributed by atoms with E-state index < -0.39 is 0 Å². The Balaban J connectivity index is 1.82. The van der Waals surface area contributed by atoms with Crippen LogP contribution in [0.4, 0.5) is 5.69 Å². The molecule has 4 aromatic rings. The highest BCUT2D eigenvalue weighted by Gasteiger charge is 2.18. The standard InChI is InChI=1S/C26H27N3O3/c1-29(2)20-12-10-18(11-13-20)24-21(14-17-8-6-5-7-9-17)27-26(28-24)19-15-22(31-3)25(30)23(16-19)32-4/h5-13,15-16,30H,14H2,1-4H3,(H,27,28). The lowest BCUT2D eigenvalue weighted by Crippen LogP contribution is -2.07. The number of nitrogens with one attached hydrogen (secondary N) is 1. The molecule has 0 fully saturated rings. The van der Waals surface area contributed by atoms with Crippen LogP contribution in [0.5, 0.6) is 17.2 Å². The van der Waals surface area contributed by atoms with E-state index in [4.69, 9.17) is 14.5 Å². The molecule has 0 aliphatic rings. The summed E-state index contributed by atoms with van der Waals surface area (Å²) in [6.45, 7) is 0. The van der Waals surface area contributed by atoms with Crippen LogP contribution in [0.15, 0.2) is 66.7 Å². The molecule has 0 saturated carbocycles. The summed E-state index contributed by atoms with van der Waals surface area (Å²) in [6.07, 6.45) is 0.713. The Hall–Kier alpha value is -3.93.